The maximum Gasteiger partial charge on any atom is 0.310 e. The summed E-state index contributed by atoms with van der Waals surface area (Å²) in [7, 11) is 0. The maximum atomic E-state index is 12.4. The molecule has 4 nitrogen and oxygen atoms in total. The summed E-state index contributed by atoms with van der Waals surface area (Å²) in [5.74, 6) is -0.312. The monoisotopic (exact) mass is 314 g/mol. The first-order valence-electron chi connectivity index (χ1n) is 7.64. The predicted octanol–water partition coefficient (Wildman–Crippen LogP) is 4.03. The van der Waals surface area contributed by atoms with Crippen LogP contribution in [0.3, 0.4) is 0 Å². The molecular formula is C17H18N2O2S. The van der Waals surface area contributed by atoms with Gasteiger partial charge in [0.1, 0.15) is 6.07 Å². The van der Waals surface area contributed by atoms with Gasteiger partial charge in [-0.2, -0.15) is 5.26 Å². The van der Waals surface area contributed by atoms with E-state index >= 15 is 0 Å². The van der Waals surface area contributed by atoms with Crippen LogP contribution >= 0.6 is 11.3 Å². The van der Waals surface area contributed by atoms with Crippen LogP contribution in [0.5, 0.6) is 0 Å². The lowest BCUT2D eigenvalue weighted by Gasteiger charge is -2.28. The third-order valence-electron chi connectivity index (χ3n) is 4.17. The van der Waals surface area contributed by atoms with Gasteiger partial charge in [0.05, 0.1) is 21.1 Å². The highest BCUT2D eigenvalue weighted by atomic mass is 32.1. The normalized spacial score (nSPS) is 22.9. The van der Waals surface area contributed by atoms with Gasteiger partial charge in [-0.1, -0.05) is 25.0 Å². The van der Waals surface area contributed by atoms with E-state index in [1.54, 1.807) is 18.3 Å². The van der Waals surface area contributed by atoms with Crippen LogP contribution in [0.15, 0.2) is 24.3 Å². The minimum atomic E-state index is -0.689. The zero-order chi connectivity index (χ0) is 15.5. The molecule has 0 unspecified atom stereocenters. The number of hydrogen-bond donors (Lipinski definition) is 0. The molecule has 0 aliphatic heterocycles. The van der Waals surface area contributed by atoms with Crippen molar-refractivity contribution < 1.29 is 9.53 Å². The highest BCUT2D eigenvalue weighted by Crippen LogP contribution is 2.41. The zero-order valence-corrected chi connectivity index (χ0v) is 13.3. The third-order valence-corrected chi connectivity index (χ3v) is 5.34. The molecule has 3 rings (SSSR count). The largest absolute Gasteiger partial charge is 0.447 e. The molecule has 1 heterocycles. The summed E-state index contributed by atoms with van der Waals surface area (Å²) in [6, 6.07) is 10.0. The second kappa shape index (κ2) is 6.45. The Labute approximate surface area is 133 Å². The molecule has 0 bridgehead atoms. The minimum Gasteiger partial charge on any atom is -0.447 e. The molecule has 0 spiro atoms. The van der Waals surface area contributed by atoms with Gasteiger partial charge in [0.15, 0.2) is 6.10 Å². The first-order valence-corrected chi connectivity index (χ1v) is 8.46. The maximum absolute atomic E-state index is 12.4. The zero-order valence-electron chi connectivity index (χ0n) is 12.5. The molecule has 3 atom stereocenters. The Hall–Kier alpha value is -1.93. The molecule has 1 aliphatic rings. The Kier molecular flexibility index (Phi) is 4.39. The number of benzene rings is 1. The summed E-state index contributed by atoms with van der Waals surface area (Å²) >= 11 is 1.67. The molecule has 5 heteroatoms. The van der Waals surface area contributed by atoms with E-state index in [9.17, 15) is 4.79 Å². The van der Waals surface area contributed by atoms with Crippen LogP contribution in [0.2, 0.25) is 0 Å². The van der Waals surface area contributed by atoms with Gasteiger partial charge in [-0.05, 0) is 31.9 Å². The topological polar surface area (TPSA) is 63.0 Å². The number of carbonyl (C=O) groups is 1. The van der Waals surface area contributed by atoms with E-state index in [1.165, 1.54) is 0 Å². The predicted molar refractivity (Wildman–Crippen MR) is 85.5 cm³/mol. The van der Waals surface area contributed by atoms with Gasteiger partial charge in [0, 0.05) is 5.92 Å². The Morgan fingerprint density at radius 3 is 2.95 bits per heavy atom. The Balaban J connectivity index is 1.86. The molecule has 22 heavy (non-hydrogen) atoms. The standard InChI is InChI=1S/C17H18N2O2S/c1-11(10-18)21-17(20)13-7-3-2-6-12(13)16-19-14-8-4-5-9-15(14)22-16/h4-5,8-9,11-13H,2-3,6-7H2,1H3/t11-,12-,13+/m0/s1. The first-order chi connectivity index (χ1) is 10.7. The van der Waals surface area contributed by atoms with Crippen LogP contribution in [0.4, 0.5) is 0 Å². The second-order valence-electron chi connectivity index (χ2n) is 5.73. The van der Waals surface area contributed by atoms with Gasteiger partial charge in [-0.15, -0.1) is 11.3 Å². The third kappa shape index (κ3) is 2.97. The van der Waals surface area contributed by atoms with E-state index < -0.39 is 6.10 Å². The number of carbonyl (C=O) groups excluding carboxylic acids is 1. The lowest BCUT2D eigenvalue weighted by Crippen LogP contribution is -2.29. The van der Waals surface area contributed by atoms with Crippen LogP contribution in [-0.4, -0.2) is 17.1 Å². The summed E-state index contributed by atoms with van der Waals surface area (Å²) in [6.07, 6.45) is 3.23. The molecule has 114 valence electrons. The van der Waals surface area contributed by atoms with E-state index in [0.29, 0.717) is 0 Å². The summed E-state index contributed by atoms with van der Waals surface area (Å²) < 4.78 is 6.39. The molecule has 1 aromatic carbocycles. The molecule has 0 radical (unpaired) electrons. The molecule has 1 saturated carbocycles. The smallest absolute Gasteiger partial charge is 0.310 e. The van der Waals surface area contributed by atoms with Crippen LogP contribution in [0.25, 0.3) is 10.2 Å². The van der Waals surface area contributed by atoms with Crippen LogP contribution in [0.1, 0.15) is 43.5 Å². The number of thiazole rings is 1. The molecule has 0 amide bonds. The summed E-state index contributed by atoms with van der Waals surface area (Å²) in [5.41, 5.74) is 0.991. The van der Waals surface area contributed by atoms with Crippen LogP contribution in [-0.2, 0) is 9.53 Å². The van der Waals surface area contributed by atoms with Gasteiger partial charge in [-0.3, -0.25) is 4.79 Å². The molecule has 0 N–H and O–H groups in total. The fourth-order valence-corrected chi connectivity index (χ4v) is 4.21. The highest BCUT2D eigenvalue weighted by Gasteiger charge is 2.35. The number of fused-ring (bicyclic) bond motifs is 1. The van der Waals surface area contributed by atoms with Crippen molar-refractivity contribution >= 4 is 27.5 Å². The second-order valence-corrected chi connectivity index (χ2v) is 6.79. The number of esters is 1. The number of nitriles is 1. The lowest BCUT2D eigenvalue weighted by molar-refractivity contribution is -0.152. The molecule has 2 aromatic rings. The number of rotatable bonds is 3. The Bertz CT molecular complexity index is 686. The van der Waals surface area contributed by atoms with Crippen molar-refractivity contribution in [3.63, 3.8) is 0 Å². The average Bonchev–Trinajstić information content (AvgIpc) is 2.98. The van der Waals surface area contributed by atoms with Crippen molar-refractivity contribution in [3.05, 3.63) is 29.3 Å². The van der Waals surface area contributed by atoms with E-state index in [1.807, 2.05) is 24.3 Å². The van der Waals surface area contributed by atoms with Crippen molar-refractivity contribution in [2.45, 2.75) is 44.6 Å². The van der Waals surface area contributed by atoms with Gasteiger partial charge in [-0.25, -0.2) is 4.98 Å². The quantitative estimate of drug-likeness (QED) is 0.803. The van der Waals surface area contributed by atoms with E-state index in [0.717, 1.165) is 40.9 Å². The fraction of sp³-hybridized carbons (Fsp3) is 0.471. The van der Waals surface area contributed by atoms with Crippen LogP contribution < -0.4 is 0 Å². The van der Waals surface area contributed by atoms with Crippen molar-refractivity contribution in [2.24, 2.45) is 5.92 Å². The van der Waals surface area contributed by atoms with Gasteiger partial charge in [0.25, 0.3) is 0 Å². The number of aromatic nitrogens is 1. The summed E-state index contributed by atoms with van der Waals surface area (Å²) in [4.78, 5) is 17.1. The van der Waals surface area contributed by atoms with E-state index in [2.05, 4.69) is 6.07 Å². The van der Waals surface area contributed by atoms with E-state index in [-0.39, 0.29) is 17.8 Å². The van der Waals surface area contributed by atoms with Gasteiger partial charge in [0.2, 0.25) is 0 Å². The summed E-state index contributed by atoms with van der Waals surface area (Å²) in [5, 5.41) is 9.84. The molecule has 1 aromatic heterocycles. The Morgan fingerprint density at radius 1 is 1.41 bits per heavy atom. The first kappa shape index (κ1) is 15.0. The molecular weight excluding hydrogens is 296 g/mol. The number of ether oxygens (including phenoxy) is 1. The van der Waals surface area contributed by atoms with Crippen molar-refractivity contribution in [2.75, 3.05) is 0 Å². The van der Waals surface area contributed by atoms with Crippen LogP contribution in [0, 0.1) is 17.2 Å². The minimum absolute atomic E-state index is 0.115. The SMILES string of the molecule is C[C@@H](C#N)OC(=O)[C@@H]1CCCC[C@@H]1c1nc2ccccc2s1. The highest BCUT2D eigenvalue weighted by molar-refractivity contribution is 7.18. The fourth-order valence-electron chi connectivity index (χ4n) is 3.05. The number of hydrogen-bond acceptors (Lipinski definition) is 5. The van der Waals surface area contributed by atoms with Gasteiger partial charge < -0.3 is 4.74 Å². The average molecular weight is 314 g/mol. The molecule has 1 fully saturated rings. The lowest BCUT2D eigenvalue weighted by atomic mass is 9.79. The van der Waals surface area contributed by atoms with Crippen molar-refractivity contribution in [1.82, 2.24) is 4.98 Å². The molecule has 1 aliphatic carbocycles. The molecule has 0 saturated heterocycles. The van der Waals surface area contributed by atoms with Gasteiger partial charge >= 0.3 is 5.97 Å². The number of para-hydroxylation sites is 1. The van der Waals surface area contributed by atoms with Crippen molar-refractivity contribution in [1.29, 1.82) is 5.26 Å². The van der Waals surface area contributed by atoms with E-state index in [4.69, 9.17) is 15.0 Å². The Morgan fingerprint density at radius 2 is 2.18 bits per heavy atom. The number of nitrogens with zero attached hydrogens (tertiary/aromatic N) is 2. The van der Waals surface area contributed by atoms with Crippen molar-refractivity contribution in [3.8, 4) is 6.07 Å². The summed E-state index contributed by atoms with van der Waals surface area (Å²) in [6.45, 7) is 1.60.